The van der Waals surface area contributed by atoms with Gasteiger partial charge in [0.15, 0.2) is 0 Å². The number of hydrogen-bond acceptors (Lipinski definition) is 5. The molecule has 0 heterocycles. The summed E-state index contributed by atoms with van der Waals surface area (Å²) in [4.78, 5) is 42.5. The number of carbonyl (C=O) groups excluding carboxylic acids is 3. The first kappa shape index (κ1) is 33.3. The van der Waals surface area contributed by atoms with E-state index in [0.717, 1.165) is 19.3 Å². The SMILES string of the molecule is CCCCCNC(=O)C(c1cccc(C)c1O)N(C(=O)C(CC(C)C)NC(=O)OC(C)(C)C)C(C)(C)CC. The van der Waals surface area contributed by atoms with Crippen LogP contribution in [0.4, 0.5) is 4.79 Å². The van der Waals surface area contributed by atoms with Crippen LogP contribution in [0.3, 0.4) is 0 Å². The fourth-order valence-electron chi connectivity index (χ4n) is 4.24. The van der Waals surface area contributed by atoms with E-state index >= 15 is 0 Å². The standard InChI is InChI=1S/C30H51N3O5/c1-11-13-14-18-31-26(35)24(22-17-15-16-21(5)25(22)34)33(30(9,10)12-2)27(36)23(19-20(3)4)32-28(37)38-29(6,7)8/h15-17,20,23-24,34H,11-14,18-19H2,1-10H3,(H,31,35)(H,32,37). The number of carbonyl (C=O) groups is 3. The predicted molar refractivity (Wildman–Crippen MR) is 152 cm³/mol. The number of hydrogen-bond donors (Lipinski definition) is 3. The summed E-state index contributed by atoms with van der Waals surface area (Å²) in [5, 5.41) is 16.8. The molecule has 3 amide bonds. The van der Waals surface area contributed by atoms with Crippen LogP contribution in [0.25, 0.3) is 0 Å². The quantitative estimate of drug-likeness (QED) is 0.269. The lowest BCUT2D eigenvalue weighted by Gasteiger charge is -2.45. The Labute approximate surface area is 229 Å². The first-order chi connectivity index (χ1) is 17.6. The number of phenols is 1. The van der Waals surface area contributed by atoms with Gasteiger partial charge in [0.25, 0.3) is 0 Å². The van der Waals surface area contributed by atoms with Gasteiger partial charge in [0.1, 0.15) is 23.4 Å². The minimum absolute atomic E-state index is 0.0218. The highest BCUT2D eigenvalue weighted by Gasteiger charge is 2.44. The zero-order valence-electron chi connectivity index (χ0n) is 25.2. The van der Waals surface area contributed by atoms with E-state index in [4.69, 9.17) is 4.74 Å². The summed E-state index contributed by atoms with van der Waals surface area (Å²) in [6.45, 7) is 19.3. The topological polar surface area (TPSA) is 108 Å². The third kappa shape index (κ3) is 9.84. The second-order valence-electron chi connectivity index (χ2n) is 12.1. The molecule has 0 aromatic heterocycles. The van der Waals surface area contributed by atoms with Crippen LogP contribution in [0.1, 0.15) is 112 Å². The third-order valence-electron chi connectivity index (χ3n) is 6.60. The number of benzene rings is 1. The van der Waals surface area contributed by atoms with Crippen LogP contribution in [-0.4, -0.2) is 51.6 Å². The Kier molecular flexibility index (Phi) is 12.6. The first-order valence-corrected chi connectivity index (χ1v) is 13.9. The van der Waals surface area contributed by atoms with Crippen LogP contribution in [0.2, 0.25) is 0 Å². The summed E-state index contributed by atoms with van der Waals surface area (Å²) in [7, 11) is 0. The van der Waals surface area contributed by atoms with Crippen LogP contribution in [0.5, 0.6) is 5.75 Å². The summed E-state index contributed by atoms with van der Waals surface area (Å²) in [5.74, 6) is -0.700. The number of ether oxygens (including phenoxy) is 1. The van der Waals surface area contributed by atoms with Crippen LogP contribution < -0.4 is 10.6 Å². The molecule has 3 N–H and O–H groups in total. The lowest BCUT2D eigenvalue weighted by Crippen LogP contribution is -2.59. The molecule has 2 unspecified atom stereocenters. The molecule has 216 valence electrons. The van der Waals surface area contributed by atoms with Gasteiger partial charge < -0.3 is 25.4 Å². The van der Waals surface area contributed by atoms with E-state index in [1.807, 2.05) is 34.6 Å². The van der Waals surface area contributed by atoms with Crippen molar-refractivity contribution in [1.82, 2.24) is 15.5 Å². The van der Waals surface area contributed by atoms with E-state index in [2.05, 4.69) is 17.6 Å². The Balaban J connectivity index is 3.66. The Morgan fingerprint density at radius 3 is 2.21 bits per heavy atom. The molecule has 0 saturated heterocycles. The second-order valence-corrected chi connectivity index (χ2v) is 12.1. The van der Waals surface area contributed by atoms with E-state index in [1.165, 1.54) is 0 Å². The van der Waals surface area contributed by atoms with E-state index < -0.39 is 35.2 Å². The van der Waals surface area contributed by atoms with Gasteiger partial charge in [-0.3, -0.25) is 9.59 Å². The maximum Gasteiger partial charge on any atom is 0.408 e. The van der Waals surface area contributed by atoms with Crippen LogP contribution in [0.15, 0.2) is 18.2 Å². The van der Waals surface area contributed by atoms with Gasteiger partial charge in [-0.05, 0) is 72.3 Å². The van der Waals surface area contributed by atoms with Gasteiger partial charge in [-0.2, -0.15) is 0 Å². The number of nitrogens with one attached hydrogen (secondary N) is 2. The minimum Gasteiger partial charge on any atom is -0.507 e. The number of aromatic hydroxyl groups is 1. The van der Waals surface area contributed by atoms with Crippen molar-refractivity contribution in [3.8, 4) is 5.75 Å². The third-order valence-corrected chi connectivity index (χ3v) is 6.60. The summed E-state index contributed by atoms with van der Waals surface area (Å²) < 4.78 is 5.46. The number of alkyl carbamates (subject to hydrolysis) is 1. The lowest BCUT2D eigenvalue weighted by atomic mass is 9.90. The van der Waals surface area contributed by atoms with Crippen molar-refractivity contribution in [1.29, 1.82) is 0 Å². The van der Waals surface area contributed by atoms with Gasteiger partial charge in [0.2, 0.25) is 11.8 Å². The zero-order chi connectivity index (χ0) is 29.3. The highest BCUT2D eigenvalue weighted by Crippen LogP contribution is 2.37. The largest absolute Gasteiger partial charge is 0.507 e. The number of unbranched alkanes of at least 4 members (excludes halogenated alkanes) is 2. The zero-order valence-corrected chi connectivity index (χ0v) is 25.2. The van der Waals surface area contributed by atoms with Crippen LogP contribution >= 0.6 is 0 Å². The fourth-order valence-corrected chi connectivity index (χ4v) is 4.24. The summed E-state index contributed by atoms with van der Waals surface area (Å²) in [6, 6.07) is 3.21. The van der Waals surface area contributed by atoms with Crippen LogP contribution in [0, 0.1) is 12.8 Å². The Morgan fingerprint density at radius 1 is 1.05 bits per heavy atom. The average molecular weight is 534 g/mol. The molecule has 1 rings (SSSR count). The molecule has 0 aliphatic rings. The highest BCUT2D eigenvalue weighted by molar-refractivity contribution is 5.93. The van der Waals surface area contributed by atoms with Crippen molar-refractivity contribution >= 4 is 17.9 Å². The summed E-state index contributed by atoms with van der Waals surface area (Å²) >= 11 is 0. The van der Waals surface area contributed by atoms with Crippen molar-refractivity contribution in [2.75, 3.05) is 6.54 Å². The Hall–Kier alpha value is -2.77. The molecule has 0 aliphatic heterocycles. The number of phenolic OH excluding ortho intramolecular Hbond substituents is 1. The predicted octanol–water partition coefficient (Wildman–Crippen LogP) is 6.00. The number of para-hydroxylation sites is 1. The normalized spacial score (nSPS) is 13.6. The number of amides is 3. The lowest BCUT2D eigenvalue weighted by molar-refractivity contribution is -0.149. The summed E-state index contributed by atoms with van der Waals surface area (Å²) in [5.41, 5.74) is -0.539. The summed E-state index contributed by atoms with van der Waals surface area (Å²) in [6.07, 6.45) is 3.02. The van der Waals surface area contributed by atoms with Crippen LogP contribution in [-0.2, 0) is 14.3 Å². The number of rotatable bonds is 13. The Morgan fingerprint density at radius 2 is 1.68 bits per heavy atom. The van der Waals surface area contributed by atoms with E-state index in [-0.39, 0.29) is 17.6 Å². The van der Waals surface area contributed by atoms with Gasteiger partial charge >= 0.3 is 6.09 Å². The molecule has 8 nitrogen and oxygen atoms in total. The molecule has 0 fully saturated rings. The maximum absolute atomic E-state index is 14.4. The molecule has 1 aromatic rings. The van der Waals surface area contributed by atoms with Crippen molar-refractivity contribution in [3.05, 3.63) is 29.3 Å². The molecule has 8 heteroatoms. The molecule has 0 bridgehead atoms. The molecule has 0 saturated carbocycles. The molecule has 2 atom stereocenters. The molecule has 0 spiro atoms. The smallest absolute Gasteiger partial charge is 0.408 e. The van der Waals surface area contributed by atoms with E-state index in [0.29, 0.717) is 30.5 Å². The monoisotopic (exact) mass is 533 g/mol. The van der Waals surface area contributed by atoms with Gasteiger partial charge in [0, 0.05) is 17.6 Å². The highest BCUT2D eigenvalue weighted by atomic mass is 16.6. The van der Waals surface area contributed by atoms with Crippen molar-refractivity contribution in [2.45, 2.75) is 125 Å². The maximum atomic E-state index is 14.4. The number of aryl methyl sites for hydroxylation is 1. The first-order valence-electron chi connectivity index (χ1n) is 13.9. The molecule has 0 radical (unpaired) electrons. The van der Waals surface area contributed by atoms with Crippen molar-refractivity contribution in [3.63, 3.8) is 0 Å². The minimum atomic E-state index is -1.09. The molecular weight excluding hydrogens is 482 g/mol. The average Bonchev–Trinajstić information content (AvgIpc) is 2.79. The van der Waals surface area contributed by atoms with E-state index in [1.54, 1.807) is 50.8 Å². The molecule has 1 aromatic carbocycles. The van der Waals surface area contributed by atoms with E-state index in [9.17, 15) is 19.5 Å². The van der Waals surface area contributed by atoms with Gasteiger partial charge in [0.05, 0.1) is 0 Å². The Bertz CT molecular complexity index is 936. The van der Waals surface area contributed by atoms with Gasteiger partial charge in [-0.15, -0.1) is 0 Å². The van der Waals surface area contributed by atoms with Gasteiger partial charge in [-0.1, -0.05) is 58.7 Å². The molecule has 38 heavy (non-hydrogen) atoms. The number of nitrogens with zero attached hydrogens (tertiary/aromatic N) is 1. The molecular formula is C30H51N3O5. The fraction of sp³-hybridized carbons (Fsp3) is 0.700. The van der Waals surface area contributed by atoms with Crippen molar-refractivity contribution in [2.24, 2.45) is 5.92 Å². The van der Waals surface area contributed by atoms with Crippen molar-refractivity contribution < 1.29 is 24.2 Å². The molecule has 0 aliphatic carbocycles. The van der Waals surface area contributed by atoms with Gasteiger partial charge in [-0.25, -0.2) is 4.79 Å². The second kappa shape index (κ2) is 14.4.